The van der Waals surface area contributed by atoms with Gasteiger partial charge in [0.05, 0.1) is 11.0 Å². The van der Waals surface area contributed by atoms with Crippen molar-refractivity contribution in [2.45, 2.75) is 0 Å². The van der Waals surface area contributed by atoms with E-state index in [0.29, 0.717) is 0 Å². The van der Waals surface area contributed by atoms with Crippen LogP contribution in [0.1, 0.15) is 0 Å². The summed E-state index contributed by atoms with van der Waals surface area (Å²) in [6, 6.07) is 76.9. The molecule has 2 heteroatoms. The number of nitrogens with zero attached hydrogens (tertiary/aromatic N) is 1. The predicted molar refractivity (Wildman–Crippen MR) is 245 cm³/mol. The van der Waals surface area contributed by atoms with Crippen LogP contribution in [0.2, 0.25) is 0 Å². The van der Waals surface area contributed by atoms with Crippen LogP contribution < -0.4 is 0 Å². The molecule has 2 aromatic heterocycles. The Hall–Kier alpha value is -7.68. The molecule has 0 fully saturated rings. The smallest absolute Gasteiger partial charge is 0.143 e. The van der Waals surface area contributed by atoms with Gasteiger partial charge < -0.3 is 8.98 Å². The first-order valence-electron chi connectivity index (χ1n) is 19.9. The molecule has 0 aliphatic carbocycles. The highest BCUT2D eigenvalue weighted by Gasteiger charge is 2.19. The van der Waals surface area contributed by atoms with Crippen LogP contribution in [0.25, 0.3) is 115 Å². The molecule has 12 aromatic rings. The molecule has 0 bridgehead atoms. The molecule has 0 radical (unpaired) electrons. The summed E-state index contributed by atoms with van der Waals surface area (Å²) >= 11 is 0. The molecule has 0 saturated heterocycles. The molecule has 12 rings (SSSR count). The quantitative estimate of drug-likeness (QED) is 0.161. The minimum atomic E-state index is 0.914. The van der Waals surface area contributed by atoms with Crippen LogP contribution in [0.5, 0.6) is 0 Å². The van der Waals surface area contributed by atoms with E-state index in [1.165, 1.54) is 76.7 Å². The Morgan fingerprint density at radius 2 is 0.776 bits per heavy atom. The third kappa shape index (κ3) is 4.99. The van der Waals surface area contributed by atoms with Gasteiger partial charge in [0.1, 0.15) is 11.2 Å². The van der Waals surface area contributed by atoms with Gasteiger partial charge in [0.15, 0.2) is 0 Å². The van der Waals surface area contributed by atoms with E-state index < -0.39 is 0 Å². The van der Waals surface area contributed by atoms with Gasteiger partial charge >= 0.3 is 0 Å². The second kappa shape index (κ2) is 12.9. The second-order valence-corrected chi connectivity index (χ2v) is 15.2. The fourth-order valence-corrected chi connectivity index (χ4v) is 9.38. The summed E-state index contributed by atoms with van der Waals surface area (Å²) < 4.78 is 8.86. The normalized spacial score (nSPS) is 11.8. The highest BCUT2D eigenvalue weighted by Crippen LogP contribution is 2.45. The zero-order valence-electron chi connectivity index (χ0n) is 31.6. The number of para-hydroxylation sites is 3. The minimum Gasteiger partial charge on any atom is -0.455 e. The van der Waals surface area contributed by atoms with Crippen molar-refractivity contribution in [1.29, 1.82) is 0 Å². The average Bonchev–Trinajstić information content (AvgIpc) is 3.84. The third-order valence-electron chi connectivity index (χ3n) is 12.0. The van der Waals surface area contributed by atoms with E-state index in [9.17, 15) is 0 Å². The Labute approximate surface area is 335 Å². The lowest BCUT2D eigenvalue weighted by atomic mass is 9.85. The van der Waals surface area contributed by atoms with Crippen molar-refractivity contribution in [3.63, 3.8) is 0 Å². The van der Waals surface area contributed by atoms with E-state index in [2.05, 4.69) is 205 Å². The van der Waals surface area contributed by atoms with Crippen LogP contribution >= 0.6 is 0 Å². The van der Waals surface area contributed by atoms with E-state index in [1.807, 2.05) is 12.1 Å². The molecular formula is C56H35NO. The maximum Gasteiger partial charge on any atom is 0.143 e. The molecule has 0 amide bonds. The van der Waals surface area contributed by atoms with Gasteiger partial charge in [-0.1, -0.05) is 176 Å². The number of hydrogen-bond donors (Lipinski definition) is 0. The molecule has 0 saturated carbocycles. The summed E-state index contributed by atoms with van der Waals surface area (Å²) in [6.45, 7) is 0. The zero-order valence-corrected chi connectivity index (χ0v) is 31.6. The third-order valence-corrected chi connectivity index (χ3v) is 12.0. The van der Waals surface area contributed by atoms with Crippen LogP contribution in [0.4, 0.5) is 0 Å². The monoisotopic (exact) mass is 737 g/mol. The van der Waals surface area contributed by atoms with Crippen LogP contribution in [-0.2, 0) is 0 Å². The van der Waals surface area contributed by atoms with Crippen molar-refractivity contribution in [3.8, 4) is 50.2 Å². The van der Waals surface area contributed by atoms with E-state index in [-0.39, 0.29) is 0 Å². The van der Waals surface area contributed by atoms with Crippen LogP contribution in [0.15, 0.2) is 217 Å². The number of rotatable bonds is 5. The Bertz CT molecular complexity index is 3480. The first-order valence-corrected chi connectivity index (χ1v) is 19.9. The maximum atomic E-state index is 6.46. The summed E-state index contributed by atoms with van der Waals surface area (Å²) in [7, 11) is 0. The summed E-state index contributed by atoms with van der Waals surface area (Å²) in [5.74, 6) is 0. The standard InChI is InChI=1S/C56H35NO/c1-2-13-36(14-3-1)37-25-27-38(28-26-37)54-45-17-4-6-19-47(45)55(48-20-7-5-18-46(48)54)39-29-32-41(33-30-39)57-51-23-10-8-15-43(51)50-35-40(31-34-52(50)57)42-21-12-22-49-44-16-9-11-24-53(44)58-56(42)49/h1-35H. The lowest BCUT2D eigenvalue weighted by Gasteiger charge is -2.18. The molecule has 0 aliphatic heterocycles. The van der Waals surface area contributed by atoms with Crippen molar-refractivity contribution in [2.75, 3.05) is 0 Å². The Morgan fingerprint density at radius 1 is 0.293 bits per heavy atom. The number of aromatic nitrogens is 1. The number of furan rings is 1. The summed E-state index contributed by atoms with van der Waals surface area (Å²) in [5, 5.41) is 9.74. The van der Waals surface area contributed by atoms with E-state index >= 15 is 0 Å². The summed E-state index contributed by atoms with van der Waals surface area (Å²) in [5.41, 5.74) is 15.0. The van der Waals surface area contributed by atoms with Crippen LogP contribution in [0.3, 0.4) is 0 Å². The molecule has 0 spiro atoms. The average molecular weight is 738 g/mol. The predicted octanol–water partition coefficient (Wildman–Crippen LogP) is 15.7. The molecule has 10 aromatic carbocycles. The Morgan fingerprint density at radius 3 is 1.45 bits per heavy atom. The van der Waals surface area contributed by atoms with Gasteiger partial charge in [-0.3, -0.25) is 0 Å². The number of fused-ring (bicyclic) bond motifs is 8. The molecule has 0 aliphatic rings. The highest BCUT2D eigenvalue weighted by molar-refractivity contribution is 6.21. The van der Waals surface area contributed by atoms with Crippen molar-refractivity contribution >= 4 is 65.3 Å². The van der Waals surface area contributed by atoms with Gasteiger partial charge in [0, 0.05) is 32.8 Å². The van der Waals surface area contributed by atoms with Gasteiger partial charge in [-0.25, -0.2) is 0 Å². The Kier molecular flexibility index (Phi) is 7.26. The number of benzene rings is 10. The summed E-state index contributed by atoms with van der Waals surface area (Å²) in [4.78, 5) is 0. The molecule has 270 valence electrons. The fourth-order valence-electron chi connectivity index (χ4n) is 9.38. The van der Waals surface area contributed by atoms with E-state index in [4.69, 9.17) is 4.42 Å². The number of hydrogen-bond acceptors (Lipinski definition) is 1. The second-order valence-electron chi connectivity index (χ2n) is 15.2. The van der Waals surface area contributed by atoms with Crippen molar-refractivity contribution in [1.82, 2.24) is 4.57 Å². The van der Waals surface area contributed by atoms with E-state index in [0.717, 1.165) is 38.8 Å². The highest BCUT2D eigenvalue weighted by atomic mass is 16.3. The maximum absolute atomic E-state index is 6.46. The lowest BCUT2D eigenvalue weighted by molar-refractivity contribution is 0.670. The summed E-state index contributed by atoms with van der Waals surface area (Å²) in [6.07, 6.45) is 0. The molecule has 58 heavy (non-hydrogen) atoms. The molecule has 0 atom stereocenters. The van der Waals surface area contributed by atoms with Gasteiger partial charge in [-0.15, -0.1) is 0 Å². The molecule has 2 nitrogen and oxygen atoms in total. The van der Waals surface area contributed by atoms with Gasteiger partial charge in [-0.05, 0) is 96.9 Å². The van der Waals surface area contributed by atoms with Crippen molar-refractivity contribution in [3.05, 3.63) is 212 Å². The van der Waals surface area contributed by atoms with Gasteiger partial charge in [0.25, 0.3) is 0 Å². The Balaban J connectivity index is 0.987. The fraction of sp³-hybridized carbons (Fsp3) is 0. The zero-order chi connectivity index (χ0) is 38.2. The largest absolute Gasteiger partial charge is 0.455 e. The van der Waals surface area contributed by atoms with Crippen LogP contribution in [0, 0.1) is 0 Å². The SMILES string of the molecule is c1ccc(-c2ccc(-c3c4ccccc4c(-c4ccc(-n5c6ccccc6c6cc(-c7cccc8c7oc7ccccc78)ccc65)cc4)c4ccccc34)cc2)cc1. The lowest BCUT2D eigenvalue weighted by Crippen LogP contribution is -1.95. The van der Waals surface area contributed by atoms with Gasteiger partial charge in [0.2, 0.25) is 0 Å². The minimum absolute atomic E-state index is 0.914. The van der Waals surface area contributed by atoms with Gasteiger partial charge in [-0.2, -0.15) is 0 Å². The molecule has 2 heterocycles. The molecule has 0 unspecified atom stereocenters. The molecular weight excluding hydrogens is 703 g/mol. The van der Waals surface area contributed by atoms with Crippen molar-refractivity contribution < 1.29 is 4.42 Å². The van der Waals surface area contributed by atoms with Crippen LogP contribution in [-0.4, -0.2) is 4.57 Å². The first kappa shape index (κ1) is 32.6. The van der Waals surface area contributed by atoms with E-state index in [1.54, 1.807) is 0 Å². The topological polar surface area (TPSA) is 18.1 Å². The first-order chi connectivity index (χ1) is 28.8. The van der Waals surface area contributed by atoms with Crippen molar-refractivity contribution in [2.24, 2.45) is 0 Å². The molecule has 0 N–H and O–H groups in total.